The second-order valence-corrected chi connectivity index (χ2v) is 2.93. The van der Waals surface area contributed by atoms with Gasteiger partial charge in [-0.3, -0.25) is 4.79 Å². The first kappa shape index (κ1) is 11.0. The van der Waals surface area contributed by atoms with E-state index < -0.39 is 11.9 Å². The van der Waals surface area contributed by atoms with Crippen LogP contribution in [0.5, 0.6) is 5.75 Å². The number of aromatic nitrogens is 1. The third-order valence-electron chi connectivity index (χ3n) is 1.87. The minimum Gasteiger partial charge on any atom is -0.505 e. The van der Waals surface area contributed by atoms with Crippen LogP contribution in [-0.4, -0.2) is 22.0 Å². The van der Waals surface area contributed by atoms with Crippen LogP contribution in [-0.2, 0) is 0 Å². The molecule has 1 atom stereocenters. The van der Waals surface area contributed by atoms with Gasteiger partial charge in [0.25, 0.3) is 5.91 Å². The second kappa shape index (κ2) is 4.96. The molecule has 1 amide bonds. The second-order valence-electron chi connectivity index (χ2n) is 2.93. The highest BCUT2D eigenvalue weighted by Crippen LogP contribution is 2.12. The molecule has 78 valence electrons. The third kappa shape index (κ3) is 2.68. The quantitative estimate of drug-likeness (QED) is 0.764. The van der Waals surface area contributed by atoms with Gasteiger partial charge in [-0.25, -0.2) is 4.98 Å². The van der Waals surface area contributed by atoms with Crippen LogP contribution in [0, 0.1) is 11.3 Å². The highest BCUT2D eigenvalue weighted by Gasteiger charge is 2.15. The van der Waals surface area contributed by atoms with Gasteiger partial charge in [-0.15, -0.1) is 0 Å². The molecule has 0 aliphatic heterocycles. The van der Waals surface area contributed by atoms with E-state index in [0.717, 1.165) is 0 Å². The summed E-state index contributed by atoms with van der Waals surface area (Å²) >= 11 is 0. The van der Waals surface area contributed by atoms with Crippen LogP contribution in [0.2, 0.25) is 0 Å². The molecule has 0 aliphatic carbocycles. The van der Waals surface area contributed by atoms with Crippen molar-refractivity contribution in [1.29, 1.82) is 5.26 Å². The van der Waals surface area contributed by atoms with Crippen molar-refractivity contribution in [2.75, 3.05) is 0 Å². The largest absolute Gasteiger partial charge is 0.505 e. The Balaban J connectivity index is 2.79. The molecule has 0 aromatic carbocycles. The number of nitriles is 1. The van der Waals surface area contributed by atoms with Crippen LogP contribution < -0.4 is 5.32 Å². The predicted molar refractivity (Wildman–Crippen MR) is 53.1 cm³/mol. The lowest BCUT2D eigenvalue weighted by atomic mass is 10.2. The van der Waals surface area contributed by atoms with Crippen molar-refractivity contribution < 1.29 is 9.90 Å². The van der Waals surface area contributed by atoms with Crippen molar-refractivity contribution in [2.45, 2.75) is 19.4 Å². The average Bonchev–Trinajstić information content (AvgIpc) is 2.26. The van der Waals surface area contributed by atoms with Gasteiger partial charge in [0.1, 0.15) is 11.8 Å². The Labute approximate surface area is 87.4 Å². The average molecular weight is 205 g/mol. The van der Waals surface area contributed by atoms with Gasteiger partial charge >= 0.3 is 0 Å². The minimum absolute atomic E-state index is 0.0637. The summed E-state index contributed by atoms with van der Waals surface area (Å²) in [4.78, 5) is 15.2. The summed E-state index contributed by atoms with van der Waals surface area (Å²) in [6.45, 7) is 1.78. The topological polar surface area (TPSA) is 86.0 Å². The smallest absolute Gasteiger partial charge is 0.274 e. The van der Waals surface area contributed by atoms with E-state index in [1.807, 2.05) is 6.07 Å². The maximum atomic E-state index is 11.5. The van der Waals surface area contributed by atoms with Gasteiger partial charge in [-0.05, 0) is 18.6 Å². The van der Waals surface area contributed by atoms with Crippen LogP contribution in [0.25, 0.3) is 0 Å². The molecule has 0 saturated heterocycles. The predicted octanol–water partition coefficient (Wildman–Crippen LogP) is 0.819. The highest BCUT2D eigenvalue weighted by molar-refractivity contribution is 5.95. The first-order chi connectivity index (χ1) is 7.19. The summed E-state index contributed by atoms with van der Waals surface area (Å²) in [5.74, 6) is -0.732. The van der Waals surface area contributed by atoms with Crippen LogP contribution >= 0.6 is 0 Å². The number of nitrogens with one attached hydrogen (secondary N) is 1. The molecule has 15 heavy (non-hydrogen) atoms. The molecule has 0 radical (unpaired) electrons. The lowest BCUT2D eigenvalue weighted by Gasteiger charge is -2.08. The van der Waals surface area contributed by atoms with Crippen molar-refractivity contribution in [3.05, 3.63) is 24.0 Å². The van der Waals surface area contributed by atoms with Crippen LogP contribution in [0.3, 0.4) is 0 Å². The molecule has 1 heterocycles. The molecule has 1 aromatic rings. The molecule has 0 spiro atoms. The van der Waals surface area contributed by atoms with Crippen molar-refractivity contribution >= 4 is 5.91 Å². The van der Waals surface area contributed by atoms with E-state index in [2.05, 4.69) is 10.3 Å². The zero-order chi connectivity index (χ0) is 11.3. The summed E-state index contributed by atoms with van der Waals surface area (Å²) in [6.07, 6.45) is 1.91. The molecule has 0 bridgehead atoms. The number of hydrogen-bond acceptors (Lipinski definition) is 4. The normalized spacial score (nSPS) is 11.5. The van der Waals surface area contributed by atoms with Gasteiger partial charge in [0.05, 0.1) is 6.07 Å². The molecule has 2 N–H and O–H groups in total. The summed E-state index contributed by atoms with van der Waals surface area (Å²) in [7, 11) is 0. The maximum Gasteiger partial charge on any atom is 0.274 e. The summed E-state index contributed by atoms with van der Waals surface area (Å²) in [5, 5.41) is 20.4. The first-order valence-electron chi connectivity index (χ1n) is 4.53. The Bertz CT molecular complexity index is 398. The maximum absolute atomic E-state index is 11.5. The molecule has 0 saturated carbocycles. The molecule has 0 unspecified atom stereocenters. The Kier molecular flexibility index (Phi) is 3.63. The zero-order valence-corrected chi connectivity index (χ0v) is 8.27. The summed E-state index contributed by atoms with van der Waals surface area (Å²) < 4.78 is 0. The lowest BCUT2D eigenvalue weighted by Crippen LogP contribution is -2.33. The number of carbonyl (C=O) groups excluding carboxylic acids is 1. The van der Waals surface area contributed by atoms with Gasteiger partial charge in [0.2, 0.25) is 0 Å². The van der Waals surface area contributed by atoms with E-state index >= 15 is 0 Å². The van der Waals surface area contributed by atoms with Gasteiger partial charge in [-0.1, -0.05) is 6.92 Å². The number of amides is 1. The molecule has 0 fully saturated rings. The van der Waals surface area contributed by atoms with E-state index in [-0.39, 0.29) is 11.4 Å². The van der Waals surface area contributed by atoms with Gasteiger partial charge in [0.15, 0.2) is 5.69 Å². The standard InChI is InChI=1S/C10H11N3O2/c1-2-7(6-11)13-10(15)9-8(14)4-3-5-12-9/h3-5,7,14H,2H2,1H3,(H,13,15)/t7-/m0/s1. The fraction of sp³-hybridized carbons (Fsp3) is 0.300. The molecular weight excluding hydrogens is 194 g/mol. The van der Waals surface area contributed by atoms with E-state index in [4.69, 9.17) is 5.26 Å². The van der Waals surface area contributed by atoms with E-state index in [9.17, 15) is 9.90 Å². The number of hydrogen-bond donors (Lipinski definition) is 2. The lowest BCUT2D eigenvalue weighted by molar-refractivity contribution is 0.0936. The monoisotopic (exact) mass is 205 g/mol. The molecule has 1 aromatic heterocycles. The zero-order valence-electron chi connectivity index (χ0n) is 8.27. The molecule has 5 nitrogen and oxygen atoms in total. The first-order valence-corrected chi connectivity index (χ1v) is 4.53. The number of nitrogens with zero attached hydrogens (tertiary/aromatic N) is 2. The van der Waals surface area contributed by atoms with E-state index in [1.165, 1.54) is 18.3 Å². The number of pyridine rings is 1. The molecule has 0 aliphatic rings. The van der Waals surface area contributed by atoms with Crippen LogP contribution in [0.4, 0.5) is 0 Å². The Morgan fingerprint density at radius 2 is 2.53 bits per heavy atom. The summed E-state index contributed by atoms with van der Waals surface area (Å²) in [6, 6.07) is 4.27. The van der Waals surface area contributed by atoms with E-state index in [0.29, 0.717) is 6.42 Å². The fourth-order valence-electron chi connectivity index (χ4n) is 1.02. The number of carbonyl (C=O) groups is 1. The van der Waals surface area contributed by atoms with E-state index in [1.54, 1.807) is 6.92 Å². The SMILES string of the molecule is CC[C@@H](C#N)NC(=O)c1ncccc1O. The Morgan fingerprint density at radius 3 is 3.07 bits per heavy atom. The van der Waals surface area contributed by atoms with Crippen LogP contribution in [0.15, 0.2) is 18.3 Å². The molecule has 1 rings (SSSR count). The Hall–Kier alpha value is -2.09. The van der Waals surface area contributed by atoms with Crippen molar-refractivity contribution in [3.8, 4) is 11.8 Å². The number of aromatic hydroxyl groups is 1. The third-order valence-corrected chi connectivity index (χ3v) is 1.87. The summed E-state index contributed by atoms with van der Waals surface area (Å²) in [5.41, 5.74) is -0.0637. The van der Waals surface area contributed by atoms with Gasteiger partial charge in [0, 0.05) is 6.20 Å². The molecule has 5 heteroatoms. The minimum atomic E-state index is -0.557. The van der Waals surface area contributed by atoms with Crippen molar-refractivity contribution in [3.63, 3.8) is 0 Å². The van der Waals surface area contributed by atoms with Crippen molar-refractivity contribution in [2.24, 2.45) is 0 Å². The molecular formula is C10H11N3O2. The fourth-order valence-corrected chi connectivity index (χ4v) is 1.02. The van der Waals surface area contributed by atoms with Crippen LogP contribution in [0.1, 0.15) is 23.8 Å². The van der Waals surface area contributed by atoms with Gasteiger partial charge < -0.3 is 10.4 Å². The number of rotatable bonds is 3. The Morgan fingerprint density at radius 1 is 1.80 bits per heavy atom. The van der Waals surface area contributed by atoms with Gasteiger partial charge in [-0.2, -0.15) is 5.26 Å². The van der Waals surface area contributed by atoms with Crippen molar-refractivity contribution in [1.82, 2.24) is 10.3 Å². The highest BCUT2D eigenvalue weighted by atomic mass is 16.3.